The van der Waals surface area contributed by atoms with Crippen LogP contribution in [0.5, 0.6) is 5.75 Å². The summed E-state index contributed by atoms with van der Waals surface area (Å²) < 4.78 is 19.4. The molecule has 0 radical (unpaired) electrons. The van der Waals surface area contributed by atoms with Gasteiger partial charge in [0.2, 0.25) is 0 Å². The van der Waals surface area contributed by atoms with Gasteiger partial charge < -0.3 is 4.74 Å². The molecule has 3 aromatic rings. The van der Waals surface area contributed by atoms with Gasteiger partial charge in [-0.3, -0.25) is 0 Å². The fraction of sp³-hybridized carbons (Fsp3) is 0.0476. The zero-order chi connectivity index (χ0) is 16.9. The van der Waals surface area contributed by atoms with Crippen LogP contribution in [0.2, 0.25) is 0 Å². The fourth-order valence-electron chi connectivity index (χ4n) is 2.52. The van der Waals surface area contributed by atoms with Gasteiger partial charge in [0.25, 0.3) is 0 Å². The van der Waals surface area contributed by atoms with Gasteiger partial charge in [-0.25, -0.2) is 4.39 Å². The maximum absolute atomic E-state index is 13.2. The van der Waals surface area contributed by atoms with Crippen LogP contribution in [0.25, 0.3) is 10.1 Å². The van der Waals surface area contributed by atoms with E-state index >= 15 is 0 Å². The highest BCUT2D eigenvalue weighted by molar-refractivity contribution is 9.15. The van der Waals surface area contributed by atoms with Crippen molar-refractivity contribution in [2.24, 2.45) is 0 Å². The molecular formula is C21H16BrFO. The SMILES string of the molecule is COc1ccc(/C(=C(/Br)c2ccc(F)cc2)c2ccccc2)cc1. The molecule has 0 saturated carbocycles. The summed E-state index contributed by atoms with van der Waals surface area (Å²) in [4.78, 5) is 0. The molecular weight excluding hydrogens is 367 g/mol. The molecule has 1 nitrogen and oxygen atoms in total. The Morgan fingerprint density at radius 1 is 0.750 bits per heavy atom. The maximum Gasteiger partial charge on any atom is 0.123 e. The van der Waals surface area contributed by atoms with Gasteiger partial charge in [0.05, 0.1) is 7.11 Å². The number of halogens is 2. The van der Waals surface area contributed by atoms with Gasteiger partial charge in [0.15, 0.2) is 0 Å². The van der Waals surface area contributed by atoms with Crippen LogP contribution in [0.1, 0.15) is 16.7 Å². The summed E-state index contributed by atoms with van der Waals surface area (Å²) in [6.45, 7) is 0. The number of ether oxygens (including phenoxy) is 1. The van der Waals surface area contributed by atoms with Crippen molar-refractivity contribution in [3.63, 3.8) is 0 Å². The molecule has 0 aromatic heterocycles. The zero-order valence-electron chi connectivity index (χ0n) is 13.2. The van der Waals surface area contributed by atoms with Crippen LogP contribution in [0.3, 0.4) is 0 Å². The molecule has 0 aliphatic heterocycles. The van der Waals surface area contributed by atoms with Crippen molar-refractivity contribution in [2.75, 3.05) is 7.11 Å². The molecule has 0 atom stereocenters. The lowest BCUT2D eigenvalue weighted by atomic mass is 9.95. The van der Waals surface area contributed by atoms with Crippen LogP contribution in [0.15, 0.2) is 78.9 Å². The number of rotatable bonds is 4. The second-order valence-corrected chi connectivity index (χ2v) is 6.08. The van der Waals surface area contributed by atoms with Crippen LogP contribution < -0.4 is 4.74 Å². The van der Waals surface area contributed by atoms with E-state index in [1.165, 1.54) is 12.1 Å². The van der Waals surface area contributed by atoms with E-state index in [-0.39, 0.29) is 5.82 Å². The van der Waals surface area contributed by atoms with Crippen molar-refractivity contribution < 1.29 is 9.13 Å². The Morgan fingerprint density at radius 3 is 1.88 bits per heavy atom. The zero-order valence-corrected chi connectivity index (χ0v) is 14.8. The van der Waals surface area contributed by atoms with Gasteiger partial charge in [-0.05, 0) is 56.9 Å². The quantitative estimate of drug-likeness (QED) is 0.492. The first kappa shape index (κ1) is 16.5. The first-order chi connectivity index (χ1) is 11.7. The second kappa shape index (κ2) is 7.45. The summed E-state index contributed by atoms with van der Waals surface area (Å²) in [5, 5.41) is 0. The van der Waals surface area contributed by atoms with Crippen molar-refractivity contribution in [3.05, 3.63) is 101 Å². The molecule has 3 aromatic carbocycles. The van der Waals surface area contributed by atoms with Crippen molar-refractivity contribution in [1.82, 2.24) is 0 Å². The molecule has 0 bridgehead atoms. The van der Waals surface area contributed by atoms with E-state index in [2.05, 4.69) is 28.1 Å². The standard InChI is InChI=1S/C21H16BrFO/c1-24-19-13-9-16(10-14-19)20(15-5-3-2-4-6-15)21(22)17-7-11-18(23)12-8-17/h2-14H,1H3/b21-20+. The monoisotopic (exact) mass is 382 g/mol. The van der Waals surface area contributed by atoms with Crippen molar-refractivity contribution in [1.29, 1.82) is 0 Å². The highest BCUT2D eigenvalue weighted by Gasteiger charge is 2.12. The molecule has 0 aliphatic carbocycles. The van der Waals surface area contributed by atoms with E-state index in [9.17, 15) is 4.39 Å². The largest absolute Gasteiger partial charge is 0.497 e. The third-order valence-electron chi connectivity index (χ3n) is 3.76. The minimum absolute atomic E-state index is 0.246. The molecule has 0 fully saturated rings. The van der Waals surface area contributed by atoms with E-state index < -0.39 is 0 Å². The topological polar surface area (TPSA) is 9.23 Å². The molecule has 0 unspecified atom stereocenters. The second-order valence-electron chi connectivity index (χ2n) is 5.29. The summed E-state index contributed by atoms with van der Waals surface area (Å²) in [7, 11) is 1.65. The molecule has 0 saturated heterocycles. The Balaban J connectivity index is 2.17. The average molecular weight is 383 g/mol. The third-order valence-corrected chi connectivity index (χ3v) is 4.61. The number of hydrogen-bond acceptors (Lipinski definition) is 1. The summed E-state index contributed by atoms with van der Waals surface area (Å²) in [6, 6.07) is 24.5. The van der Waals surface area contributed by atoms with Crippen molar-refractivity contribution in [2.45, 2.75) is 0 Å². The third kappa shape index (κ3) is 3.57. The Labute approximate surface area is 149 Å². The Bertz CT molecular complexity index is 837. The molecule has 0 spiro atoms. The predicted octanol–water partition coefficient (Wildman–Crippen LogP) is 6.15. The fourth-order valence-corrected chi connectivity index (χ4v) is 3.25. The van der Waals surface area contributed by atoms with Crippen LogP contribution in [0, 0.1) is 5.82 Å². The smallest absolute Gasteiger partial charge is 0.123 e. The lowest BCUT2D eigenvalue weighted by molar-refractivity contribution is 0.415. The Morgan fingerprint density at radius 2 is 1.29 bits per heavy atom. The predicted molar refractivity (Wildman–Crippen MR) is 101 cm³/mol. The minimum Gasteiger partial charge on any atom is -0.497 e. The molecule has 0 aliphatic rings. The maximum atomic E-state index is 13.2. The van der Waals surface area contributed by atoms with E-state index in [1.54, 1.807) is 19.2 Å². The van der Waals surface area contributed by atoms with Crippen LogP contribution >= 0.6 is 15.9 Å². The first-order valence-corrected chi connectivity index (χ1v) is 8.34. The average Bonchev–Trinajstić information content (AvgIpc) is 2.64. The molecule has 3 heteroatoms. The van der Waals surface area contributed by atoms with Crippen molar-refractivity contribution in [3.8, 4) is 5.75 Å². The molecule has 0 N–H and O–H groups in total. The summed E-state index contributed by atoms with van der Waals surface area (Å²) in [5.74, 6) is 0.564. The van der Waals surface area contributed by atoms with E-state index in [0.29, 0.717) is 0 Å². The van der Waals surface area contributed by atoms with Crippen LogP contribution in [-0.2, 0) is 0 Å². The number of hydrogen-bond donors (Lipinski definition) is 0. The van der Waals surface area contributed by atoms with Crippen molar-refractivity contribution >= 4 is 26.0 Å². The number of methoxy groups -OCH3 is 1. The number of benzene rings is 3. The van der Waals surface area contributed by atoms with Gasteiger partial charge in [-0.15, -0.1) is 0 Å². The summed E-state index contributed by atoms with van der Waals surface area (Å²) in [6.07, 6.45) is 0. The molecule has 120 valence electrons. The first-order valence-electron chi connectivity index (χ1n) is 7.54. The van der Waals surface area contributed by atoms with E-state index in [4.69, 9.17) is 4.74 Å². The Hall–Kier alpha value is -2.39. The molecule has 0 amide bonds. The van der Waals surface area contributed by atoms with E-state index in [1.807, 2.05) is 42.5 Å². The highest BCUT2D eigenvalue weighted by Crippen LogP contribution is 2.36. The normalized spacial score (nSPS) is 11.8. The van der Waals surface area contributed by atoms with Gasteiger partial charge in [0.1, 0.15) is 11.6 Å². The summed E-state index contributed by atoms with van der Waals surface area (Å²) in [5.41, 5.74) is 4.10. The van der Waals surface area contributed by atoms with Crippen LogP contribution in [-0.4, -0.2) is 7.11 Å². The van der Waals surface area contributed by atoms with E-state index in [0.717, 1.165) is 32.5 Å². The van der Waals surface area contributed by atoms with Gasteiger partial charge in [-0.2, -0.15) is 0 Å². The molecule has 24 heavy (non-hydrogen) atoms. The molecule has 0 heterocycles. The minimum atomic E-state index is -0.246. The van der Waals surface area contributed by atoms with Crippen LogP contribution in [0.4, 0.5) is 4.39 Å². The highest BCUT2D eigenvalue weighted by atomic mass is 79.9. The Kier molecular flexibility index (Phi) is 5.11. The summed E-state index contributed by atoms with van der Waals surface area (Å²) >= 11 is 3.71. The van der Waals surface area contributed by atoms with Gasteiger partial charge in [0, 0.05) is 10.1 Å². The van der Waals surface area contributed by atoms with Gasteiger partial charge in [-0.1, -0.05) is 54.6 Å². The van der Waals surface area contributed by atoms with Gasteiger partial charge >= 0.3 is 0 Å². The lowest BCUT2D eigenvalue weighted by Crippen LogP contribution is -1.92. The lowest BCUT2D eigenvalue weighted by Gasteiger charge is -2.13. The molecule has 3 rings (SSSR count).